The second-order valence-electron chi connectivity index (χ2n) is 5.20. The molecule has 2 aromatic rings. The lowest BCUT2D eigenvalue weighted by molar-refractivity contribution is 0.367. The number of fused-ring (bicyclic) bond motifs is 1. The zero-order valence-corrected chi connectivity index (χ0v) is 12.6. The van der Waals surface area contributed by atoms with Crippen molar-refractivity contribution >= 4 is 39.0 Å². The minimum atomic E-state index is 0.334. The third-order valence-electron chi connectivity index (χ3n) is 3.57. The summed E-state index contributed by atoms with van der Waals surface area (Å²) in [5.74, 6) is 1.59. The van der Waals surface area contributed by atoms with Crippen LogP contribution in [0.25, 0.3) is 10.2 Å². The highest BCUT2D eigenvalue weighted by molar-refractivity contribution is 7.17. The van der Waals surface area contributed by atoms with E-state index in [4.69, 9.17) is 11.6 Å². The standard InChI is InChI=1S/C13H17ClN4S/c1-8(2)10-7-18(5-4-15-10)12-11-9(3-6-19-11)16-13(14)17-12/h3,6,8,10,15H,4-5,7H2,1-2H3. The molecule has 0 radical (unpaired) electrons. The minimum absolute atomic E-state index is 0.334. The van der Waals surface area contributed by atoms with Gasteiger partial charge in [0.25, 0.3) is 0 Å². The highest BCUT2D eigenvalue weighted by atomic mass is 35.5. The van der Waals surface area contributed by atoms with Crippen molar-refractivity contribution in [2.45, 2.75) is 19.9 Å². The molecule has 0 aromatic carbocycles. The molecule has 1 fully saturated rings. The largest absolute Gasteiger partial charge is 0.352 e. The molecule has 19 heavy (non-hydrogen) atoms. The average Bonchev–Trinajstić information content (AvgIpc) is 2.85. The first-order valence-electron chi connectivity index (χ1n) is 6.54. The highest BCUT2D eigenvalue weighted by Crippen LogP contribution is 2.30. The van der Waals surface area contributed by atoms with Crippen LogP contribution in [0.5, 0.6) is 0 Å². The number of thiophene rings is 1. The van der Waals surface area contributed by atoms with Gasteiger partial charge in [-0.2, -0.15) is 4.98 Å². The predicted molar refractivity (Wildman–Crippen MR) is 81.3 cm³/mol. The Kier molecular flexibility index (Phi) is 3.60. The van der Waals surface area contributed by atoms with E-state index >= 15 is 0 Å². The van der Waals surface area contributed by atoms with E-state index < -0.39 is 0 Å². The first-order chi connectivity index (χ1) is 9.15. The van der Waals surface area contributed by atoms with Crippen molar-refractivity contribution in [1.82, 2.24) is 15.3 Å². The van der Waals surface area contributed by atoms with Gasteiger partial charge < -0.3 is 10.2 Å². The Morgan fingerprint density at radius 1 is 1.47 bits per heavy atom. The normalized spacial score (nSPS) is 20.4. The first-order valence-corrected chi connectivity index (χ1v) is 7.80. The van der Waals surface area contributed by atoms with Crippen molar-refractivity contribution in [3.05, 3.63) is 16.7 Å². The Hall–Kier alpha value is -0.910. The molecule has 0 aliphatic carbocycles. The van der Waals surface area contributed by atoms with E-state index in [-0.39, 0.29) is 0 Å². The number of nitrogens with one attached hydrogen (secondary N) is 1. The molecule has 6 heteroatoms. The zero-order valence-electron chi connectivity index (χ0n) is 11.1. The molecule has 3 rings (SSSR count). The number of hydrogen-bond acceptors (Lipinski definition) is 5. The monoisotopic (exact) mass is 296 g/mol. The van der Waals surface area contributed by atoms with Crippen LogP contribution in [0.15, 0.2) is 11.4 Å². The summed E-state index contributed by atoms with van der Waals surface area (Å²) < 4.78 is 1.13. The fourth-order valence-electron chi connectivity index (χ4n) is 2.45. The molecule has 0 spiro atoms. The van der Waals surface area contributed by atoms with E-state index in [0.29, 0.717) is 17.2 Å². The Morgan fingerprint density at radius 2 is 2.32 bits per heavy atom. The molecule has 2 aromatic heterocycles. The van der Waals surface area contributed by atoms with Crippen LogP contribution in [0, 0.1) is 5.92 Å². The lowest BCUT2D eigenvalue weighted by atomic mass is 10.0. The van der Waals surface area contributed by atoms with Crippen LogP contribution in [-0.4, -0.2) is 35.6 Å². The minimum Gasteiger partial charge on any atom is -0.352 e. The SMILES string of the molecule is CC(C)C1CN(c2nc(Cl)nc3ccsc23)CCN1. The summed E-state index contributed by atoms with van der Waals surface area (Å²) in [7, 11) is 0. The van der Waals surface area contributed by atoms with Crippen LogP contribution in [0.3, 0.4) is 0 Å². The van der Waals surface area contributed by atoms with Crippen LogP contribution in [-0.2, 0) is 0 Å². The smallest absolute Gasteiger partial charge is 0.224 e. The number of piperazine rings is 1. The Bertz CT molecular complexity index is 583. The second kappa shape index (κ2) is 5.23. The van der Waals surface area contributed by atoms with Crippen LogP contribution >= 0.6 is 22.9 Å². The quantitative estimate of drug-likeness (QED) is 0.865. The van der Waals surface area contributed by atoms with Crippen molar-refractivity contribution in [3.63, 3.8) is 0 Å². The van der Waals surface area contributed by atoms with Crippen molar-refractivity contribution in [3.8, 4) is 0 Å². The zero-order chi connectivity index (χ0) is 13.4. The van der Waals surface area contributed by atoms with E-state index in [1.165, 1.54) is 0 Å². The van der Waals surface area contributed by atoms with Crippen LogP contribution in [0.4, 0.5) is 5.82 Å². The van der Waals surface area contributed by atoms with Gasteiger partial charge in [-0.25, -0.2) is 4.98 Å². The molecule has 4 nitrogen and oxygen atoms in total. The van der Waals surface area contributed by atoms with Crippen molar-refractivity contribution in [2.24, 2.45) is 5.92 Å². The summed E-state index contributed by atoms with van der Waals surface area (Å²) in [6, 6.07) is 2.50. The summed E-state index contributed by atoms with van der Waals surface area (Å²) in [6.45, 7) is 7.41. The van der Waals surface area contributed by atoms with E-state index in [1.54, 1.807) is 11.3 Å². The van der Waals surface area contributed by atoms with E-state index in [0.717, 1.165) is 35.7 Å². The molecule has 1 N–H and O–H groups in total. The Balaban J connectivity index is 1.97. The summed E-state index contributed by atoms with van der Waals surface area (Å²) in [6.07, 6.45) is 0. The van der Waals surface area contributed by atoms with Gasteiger partial charge >= 0.3 is 0 Å². The lowest BCUT2D eigenvalue weighted by Crippen LogP contribution is -2.53. The van der Waals surface area contributed by atoms with Gasteiger partial charge in [-0.1, -0.05) is 13.8 Å². The second-order valence-corrected chi connectivity index (χ2v) is 6.46. The first kappa shape index (κ1) is 13.1. The molecule has 0 amide bonds. The van der Waals surface area contributed by atoms with Crippen molar-refractivity contribution < 1.29 is 0 Å². The van der Waals surface area contributed by atoms with E-state index in [1.807, 2.05) is 11.4 Å². The topological polar surface area (TPSA) is 41.1 Å². The fourth-order valence-corrected chi connectivity index (χ4v) is 3.47. The molecule has 1 aliphatic heterocycles. The molecule has 0 bridgehead atoms. The van der Waals surface area contributed by atoms with E-state index in [2.05, 4.69) is 34.0 Å². The highest BCUT2D eigenvalue weighted by Gasteiger charge is 2.24. The molecule has 0 saturated carbocycles. The molecule has 1 atom stereocenters. The third-order valence-corrected chi connectivity index (χ3v) is 4.64. The van der Waals surface area contributed by atoms with Crippen molar-refractivity contribution in [2.75, 3.05) is 24.5 Å². The molecular formula is C13H17ClN4S. The van der Waals surface area contributed by atoms with Gasteiger partial charge in [0.1, 0.15) is 0 Å². The van der Waals surface area contributed by atoms with Gasteiger partial charge in [-0.15, -0.1) is 11.3 Å². The van der Waals surface area contributed by atoms with Crippen LogP contribution in [0.2, 0.25) is 5.28 Å². The Labute approximate surface area is 121 Å². The molecule has 3 heterocycles. The molecule has 1 aliphatic rings. The predicted octanol–water partition coefficient (Wildman–Crippen LogP) is 2.78. The number of aromatic nitrogens is 2. The number of rotatable bonds is 2. The molecule has 102 valence electrons. The summed E-state index contributed by atoms with van der Waals surface area (Å²) in [4.78, 5) is 11.0. The van der Waals surface area contributed by atoms with Gasteiger partial charge in [0.2, 0.25) is 5.28 Å². The maximum atomic E-state index is 6.04. The molecule has 1 unspecified atom stereocenters. The maximum absolute atomic E-state index is 6.04. The average molecular weight is 297 g/mol. The fraction of sp³-hybridized carbons (Fsp3) is 0.538. The molecule has 1 saturated heterocycles. The van der Waals surface area contributed by atoms with E-state index in [9.17, 15) is 0 Å². The maximum Gasteiger partial charge on any atom is 0.224 e. The van der Waals surface area contributed by atoms with Gasteiger partial charge in [0.15, 0.2) is 5.82 Å². The van der Waals surface area contributed by atoms with Crippen molar-refractivity contribution in [1.29, 1.82) is 0 Å². The number of nitrogens with zero attached hydrogens (tertiary/aromatic N) is 3. The number of hydrogen-bond donors (Lipinski definition) is 1. The van der Waals surface area contributed by atoms with Gasteiger partial charge in [0, 0.05) is 25.7 Å². The summed E-state index contributed by atoms with van der Waals surface area (Å²) >= 11 is 7.72. The summed E-state index contributed by atoms with van der Waals surface area (Å²) in [5.41, 5.74) is 0.944. The van der Waals surface area contributed by atoms with Gasteiger partial charge in [0.05, 0.1) is 10.2 Å². The van der Waals surface area contributed by atoms with Crippen LogP contribution < -0.4 is 10.2 Å². The molecular weight excluding hydrogens is 280 g/mol. The Morgan fingerprint density at radius 3 is 3.11 bits per heavy atom. The van der Waals surface area contributed by atoms with Gasteiger partial charge in [-0.05, 0) is 29.0 Å². The van der Waals surface area contributed by atoms with Crippen LogP contribution in [0.1, 0.15) is 13.8 Å². The number of halogens is 1. The summed E-state index contributed by atoms with van der Waals surface area (Å²) in [5, 5.41) is 5.94. The lowest BCUT2D eigenvalue weighted by Gasteiger charge is -2.36. The third kappa shape index (κ3) is 2.55. The van der Waals surface area contributed by atoms with Gasteiger partial charge in [-0.3, -0.25) is 0 Å². The number of anilines is 1.